The highest BCUT2D eigenvalue weighted by Crippen LogP contribution is 2.22. The topological polar surface area (TPSA) is 47.9 Å². The van der Waals surface area contributed by atoms with E-state index in [0.717, 1.165) is 5.56 Å². The zero-order chi connectivity index (χ0) is 14.7. The molecular formula is C17H15NO3. The van der Waals surface area contributed by atoms with Crippen molar-refractivity contribution in [1.82, 2.24) is 0 Å². The molecule has 21 heavy (non-hydrogen) atoms. The summed E-state index contributed by atoms with van der Waals surface area (Å²) in [4.78, 5) is 16.9. The first-order valence-corrected chi connectivity index (χ1v) is 6.73. The van der Waals surface area contributed by atoms with Gasteiger partial charge in [0.05, 0.1) is 12.7 Å². The third-order valence-corrected chi connectivity index (χ3v) is 3.35. The van der Waals surface area contributed by atoms with Crippen molar-refractivity contribution in [2.75, 3.05) is 13.7 Å². The second kappa shape index (κ2) is 5.79. The highest BCUT2D eigenvalue weighted by atomic mass is 16.5. The minimum Gasteiger partial charge on any atom is -0.496 e. The van der Waals surface area contributed by atoms with Crippen LogP contribution in [0.25, 0.3) is 0 Å². The van der Waals surface area contributed by atoms with Gasteiger partial charge in [-0.3, -0.25) is 4.79 Å². The van der Waals surface area contributed by atoms with Crippen LogP contribution in [0, 0.1) is 0 Å². The third kappa shape index (κ3) is 2.65. The molecule has 0 fully saturated rings. The summed E-state index contributed by atoms with van der Waals surface area (Å²) in [6.07, 6.45) is 0. The van der Waals surface area contributed by atoms with Crippen LogP contribution < -0.4 is 4.74 Å². The molecule has 1 aliphatic heterocycles. The summed E-state index contributed by atoms with van der Waals surface area (Å²) in [5.74, 6) is 0.994. The van der Waals surface area contributed by atoms with Gasteiger partial charge in [0.15, 0.2) is 11.8 Å². The largest absolute Gasteiger partial charge is 0.496 e. The molecule has 0 amide bonds. The molecular weight excluding hydrogens is 266 g/mol. The lowest BCUT2D eigenvalue weighted by molar-refractivity contribution is 0.0945. The fraction of sp³-hybridized carbons (Fsp3) is 0.176. The molecule has 2 aromatic rings. The minimum atomic E-state index is -0.517. The lowest BCUT2D eigenvalue weighted by Crippen LogP contribution is -2.20. The predicted molar refractivity (Wildman–Crippen MR) is 80.0 cm³/mol. The maximum absolute atomic E-state index is 12.5. The monoisotopic (exact) mass is 281 g/mol. The van der Waals surface area contributed by atoms with Crippen molar-refractivity contribution in [3.05, 3.63) is 65.7 Å². The number of hydrogen-bond acceptors (Lipinski definition) is 4. The molecule has 0 saturated heterocycles. The first-order valence-electron chi connectivity index (χ1n) is 6.73. The van der Waals surface area contributed by atoms with Gasteiger partial charge in [-0.2, -0.15) is 0 Å². The predicted octanol–water partition coefficient (Wildman–Crippen LogP) is 2.72. The Bertz CT molecular complexity index is 679. The van der Waals surface area contributed by atoms with Gasteiger partial charge in [0, 0.05) is 5.56 Å². The van der Waals surface area contributed by atoms with E-state index in [9.17, 15) is 4.79 Å². The normalized spacial score (nSPS) is 17.0. The van der Waals surface area contributed by atoms with Crippen LogP contribution in [0.15, 0.2) is 59.6 Å². The first kappa shape index (κ1) is 13.4. The first-order chi connectivity index (χ1) is 10.3. The van der Waals surface area contributed by atoms with E-state index >= 15 is 0 Å². The van der Waals surface area contributed by atoms with Gasteiger partial charge in [0.2, 0.25) is 5.90 Å². The van der Waals surface area contributed by atoms with Gasteiger partial charge in [-0.05, 0) is 24.3 Å². The molecule has 2 aromatic carbocycles. The van der Waals surface area contributed by atoms with Crippen LogP contribution in [0.4, 0.5) is 0 Å². The average molecular weight is 281 g/mol. The Morgan fingerprint density at radius 1 is 1.14 bits per heavy atom. The Balaban J connectivity index is 1.85. The summed E-state index contributed by atoms with van der Waals surface area (Å²) < 4.78 is 10.8. The van der Waals surface area contributed by atoms with E-state index in [1.54, 1.807) is 19.2 Å². The second-order valence-electron chi connectivity index (χ2n) is 4.69. The van der Waals surface area contributed by atoms with Crippen molar-refractivity contribution in [2.45, 2.75) is 6.04 Å². The second-order valence-corrected chi connectivity index (χ2v) is 4.69. The summed E-state index contributed by atoms with van der Waals surface area (Å²) in [5.41, 5.74) is 1.42. The molecule has 1 atom stereocenters. The molecule has 1 aliphatic rings. The molecule has 3 rings (SSSR count). The van der Waals surface area contributed by atoms with E-state index in [1.807, 2.05) is 42.5 Å². The van der Waals surface area contributed by atoms with E-state index in [2.05, 4.69) is 4.99 Å². The number of aliphatic imine (C=N–C) groups is 1. The van der Waals surface area contributed by atoms with Crippen molar-refractivity contribution >= 4 is 11.7 Å². The van der Waals surface area contributed by atoms with Gasteiger partial charge in [-0.25, -0.2) is 4.99 Å². The number of hydrogen-bond donors (Lipinski definition) is 0. The van der Waals surface area contributed by atoms with Gasteiger partial charge in [0.1, 0.15) is 12.4 Å². The summed E-state index contributed by atoms with van der Waals surface area (Å²) in [5, 5.41) is 0. The number of Topliss-reactive ketones (excluding diaryl/α,β-unsaturated/α-hetero) is 1. The van der Waals surface area contributed by atoms with Gasteiger partial charge >= 0.3 is 0 Å². The molecule has 0 N–H and O–H groups in total. The van der Waals surface area contributed by atoms with E-state index < -0.39 is 6.04 Å². The number of para-hydroxylation sites is 1. The number of rotatable bonds is 4. The van der Waals surface area contributed by atoms with Crippen LogP contribution in [0.3, 0.4) is 0 Å². The Labute approximate surface area is 123 Å². The standard InChI is InChI=1S/C17H15NO3/c1-20-15-10-6-5-9-13(15)16(19)14-11-21-17(18-14)12-7-3-2-4-8-12/h2-10,14H,11H2,1H3. The van der Waals surface area contributed by atoms with Crippen molar-refractivity contribution in [2.24, 2.45) is 4.99 Å². The Morgan fingerprint density at radius 3 is 2.62 bits per heavy atom. The van der Waals surface area contributed by atoms with E-state index in [-0.39, 0.29) is 12.4 Å². The molecule has 0 saturated carbocycles. The Morgan fingerprint density at radius 2 is 1.86 bits per heavy atom. The quantitative estimate of drug-likeness (QED) is 0.810. The Hall–Kier alpha value is -2.62. The number of ketones is 1. The fourth-order valence-electron chi connectivity index (χ4n) is 2.27. The van der Waals surface area contributed by atoms with E-state index in [4.69, 9.17) is 9.47 Å². The highest BCUT2D eigenvalue weighted by Gasteiger charge is 2.28. The molecule has 0 aliphatic carbocycles. The van der Waals surface area contributed by atoms with Crippen molar-refractivity contribution in [3.63, 3.8) is 0 Å². The van der Waals surface area contributed by atoms with Crippen LogP contribution in [-0.2, 0) is 4.74 Å². The molecule has 4 heteroatoms. The van der Waals surface area contributed by atoms with Crippen LogP contribution in [0.2, 0.25) is 0 Å². The fourth-order valence-corrected chi connectivity index (χ4v) is 2.27. The zero-order valence-corrected chi connectivity index (χ0v) is 11.7. The van der Waals surface area contributed by atoms with Gasteiger partial charge in [-0.1, -0.05) is 30.3 Å². The Kier molecular flexibility index (Phi) is 3.69. The number of carbonyl (C=O) groups excluding carboxylic acids is 1. The zero-order valence-electron chi connectivity index (χ0n) is 11.7. The van der Waals surface area contributed by atoms with Crippen LogP contribution in [-0.4, -0.2) is 31.4 Å². The van der Waals surface area contributed by atoms with Crippen LogP contribution in [0.5, 0.6) is 5.75 Å². The van der Waals surface area contributed by atoms with Crippen LogP contribution >= 0.6 is 0 Å². The molecule has 0 aromatic heterocycles. The molecule has 106 valence electrons. The summed E-state index contributed by atoms with van der Waals surface area (Å²) in [6, 6.07) is 16.2. The molecule has 1 heterocycles. The number of benzene rings is 2. The molecule has 0 spiro atoms. The molecule has 1 unspecified atom stereocenters. The molecule has 4 nitrogen and oxygen atoms in total. The number of carbonyl (C=O) groups is 1. The van der Waals surface area contributed by atoms with Gasteiger partial charge in [0.25, 0.3) is 0 Å². The van der Waals surface area contributed by atoms with Gasteiger partial charge in [-0.15, -0.1) is 0 Å². The molecule has 0 radical (unpaired) electrons. The average Bonchev–Trinajstić information content (AvgIpc) is 3.05. The van der Waals surface area contributed by atoms with Crippen molar-refractivity contribution < 1.29 is 14.3 Å². The van der Waals surface area contributed by atoms with Crippen molar-refractivity contribution in [3.8, 4) is 5.75 Å². The van der Waals surface area contributed by atoms with E-state index in [0.29, 0.717) is 17.2 Å². The maximum atomic E-state index is 12.5. The van der Waals surface area contributed by atoms with Crippen LogP contribution in [0.1, 0.15) is 15.9 Å². The maximum Gasteiger partial charge on any atom is 0.217 e. The minimum absolute atomic E-state index is 0.0848. The molecule has 0 bridgehead atoms. The lowest BCUT2D eigenvalue weighted by atomic mass is 10.0. The number of ether oxygens (including phenoxy) is 2. The highest BCUT2D eigenvalue weighted by molar-refractivity contribution is 6.06. The van der Waals surface area contributed by atoms with Gasteiger partial charge < -0.3 is 9.47 Å². The smallest absolute Gasteiger partial charge is 0.217 e. The number of methoxy groups -OCH3 is 1. The summed E-state index contributed by atoms with van der Waals surface area (Å²) in [6.45, 7) is 0.265. The summed E-state index contributed by atoms with van der Waals surface area (Å²) in [7, 11) is 1.55. The number of nitrogens with zero attached hydrogens (tertiary/aromatic N) is 1. The van der Waals surface area contributed by atoms with E-state index in [1.165, 1.54) is 0 Å². The van der Waals surface area contributed by atoms with Crippen molar-refractivity contribution in [1.29, 1.82) is 0 Å². The lowest BCUT2D eigenvalue weighted by Gasteiger charge is -2.08. The SMILES string of the molecule is COc1ccccc1C(=O)C1COC(c2ccccc2)=N1. The third-order valence-electron chi connectivity index (χ3n) is 3.35. The summed E-state index contributed by atoms with van der Waals surface area (Å²) >= 11 is 0.